The number of piperidine rings is 1. The summed E-state index contributed by atoms with van der Waals surface area (Å²) in [4.78, 5) is 32.5. The van der Waals surface area contributed by atoms with E-state index in [0.29, 0.717) is 5.41 Å². The van der Waals surface area contributed by atoms with Crippen LogP contribution in [0, 0.1) is 11.3 Å². The zero-order valence-electron chi connectivity index (χ0n) is 21.8. The lowest BCUT2D eigenvalue weighted by molar-refractivity contribution is 0.0709. The number of amides is 1. The second kappa shape index (κ2) is 11.1. The molecule has 0 aliphatic carbocycles. The fourth-order valence-corrected chi connectivity index (χ4v) is 5.96. The SMILES string of the molecule is CC(C)CN1CCC2(CC1)CCN(C(=O)c1ccc(CN(CC3=NC=CC3)Cc3ncc[nH]3)cc1)C2. The predicted octanol–water partition coefficient (Wildman–Crippen LogP) is 4.35. The highest BCUT2D eigenvalue weighted by Crippen LogP contribution is 2.40. The first-order chi connectivity index (χ1) is 17.5. The van der Waals surface area contributed by atoms with Gasteiger partial charge in [0, 0.05) is 69.0 Å². The number of carbonyl (C=O) groups excluding carboxylic acids is 1. The molecule has 2 saturated heterocycles. The minimum absolute atomic E-state index is 0.182. The van der Waals surface area contributed by atoms with Crippen molar-refractivity contribution in [3.63, 3.8) is 0 Å². The Morgan fingerprint density at radius 2 is 1.86 bits per heavy atom. The van der Waals surface area contributed by atoms with Crippen molar-refractivity contribution >= 4 is 11.6 Å². The van der Waals surface area contributed by atoms with Crippen LogP contribution in [0.5, 0.6) is 0 Å². The van der Waals surface area contributed by atoms with E-state index in [1.165, 1.54) is 43.8 Å². The van der Waals surface area contributed by atoms with Crippen molar-refractivity contribution in [2.75, 3.05) is 39.3 Å². The molecule has 0 radical (unpaired) electrons. The highest BCUT2D eigenvalue weighted by Gasteiger charge is 2.42. The highest BCUT2D eigenvalue weighted by atomic mass is 16.2. The smallest absolute Gasteiger partial charge is 0.253 e. The first-order valence-electron chi connectivity index (χ1n) is 13.5. The Morgan fingerprint density at radius 3 is 2.53 bits per heavy atom. The number of hydrogen-bond donors (Lipinski definition) is 1. The minimum atomic E-state index is 0.182. The van der Waals surface area contributed by atoms with Crippen molar-refractivity contribution in [2.45, 2.75) is 52.6 Å². The molecule has 2 aromatic rings. The summed E-state index contributed by atoms with van der Waals surface area (Å²) >= 11 is 0. The van der Waals surface area contributed by atoms with E-state index in [0.717, 1.165) is 62.9 Å². The highest BCUT2D eigenvalue weighted by molar-refractivity contribution is 5.94. The van der Waals surface area contributed by atoms with Gasteiger partial charge in [-0.3, -0.25) is 14.7 Å². The molecule has 7 nitrogen and oxygen atoms in total. The second-order valence-electron chi connectivity index (χ2n) is 11.3. The molecular formula is C29H40N6O. The number of allylic oxidation sites excluding steroid dienone is 1. The zero-order valence-corrected chi connectivity index (χ0v) is 21.8. The standard InChI is InChI=1S/C29H40N6O/c1-23(2)18-33-15-9-29(10-16-33)11-17-35(22-29)28(36)25-7-5-24(6-8-25)19-34(20-26-4-3-12-30-26)21-27-31-13-14-32-27/h3,5-8,12-14,23H,4,9-11,15-22H2,1-2H3,(H,31,32). The van der Waals surface area contributed by atoms with Crippen LogP contribution in [0.25, 0.3) is 0 Å². The lowest BCUT2D eigenvalue weighted by Crippen LogP contribution is -2.43. The summed E-state index contributed by atoms with van der Waals surface area (Å²) in [5, 5.41) is 0. The van der Waals surface area contributed by atoms with Crippen molar-refractivity contribution in [3.8, 4) is 0 Å². The van der Waals surface area contributed by atoms with Gasteiger partial charge in [0.1, 0.15) is 5.82 Å². The van der Waals surface area contributed by atoms with Gasteiger partial charge in [-0.2, -0.15) is 0 Å². The number of benzene rings is 1. The fraction of sp³-hybridized carbons (Fsp3) is 0.552. The molecule has 1 spiro atoms. The molecule has 3 aliphatic rings. The molecular weight excluding hydrogens is 448 g/mol. The van der Waals surface area contributed by atoms with Gasteiger partial charge in [-0.15, -0.1) is 0 Å². The van der Waals surface area contributed by atoms with Gasteiger partial charge in [-0.05, 0) is 61.4 Å². The number of imidazole rings is 1. The number of H-pyrrole nitrogens is 1. The summed E-state index contributed by atoms with van der Waals surface area (Å²) in [6.45, 7) is 12.2. The first kappa shape index (κ1) is 24.9. The summed E-state index contributed by atoms with van der Waals surface area (Å²) in [5.74, 6) is 1.85. The second-order valence-corrected chi connectivity index (χ2v) is 11.3. The van der Waals surface area contributed by atoms with Gasteiger partial charge in [0.15, 0.2) is 0 Å². The molecule has 3 aliphatic heterocycles. The predicted molar refractivity (Wildman–Crippen MR) is 144 cm³/mol. The third-order valence-electron chi connectivity index (χ3n) is 7.92. The number of nitrogens with zero attached hydrogens (tertiary/aromatic N) is 5. The normalized spacial score (nSPS) is 19.7. The lowest BCUT2D eigenvalue weighted by Gasteiger charge is -2.39. The largest absolute Gasteiger partial charge is 0.348 e. The van der Waals surface area contributed by atoms with Crippen molar-refractivity contribution < 1.29 is 4.79 Å². The molecule has 7 heteroatoms. The monoisotopic (exact) mass is 488 g/mol. The van der Waals surface area contributed by atoms with E-state index < -0.39 is 0 Å². The number of carbonyl (C=O) groups is 1. The van der Waals surface area contributed by atoms with Crippen molar-refractivity contribution in [1.82, 2.24) is 24.7 Å². The Bertz CT molecular complexity index is 1060. The number of hydrogen-bond acceptors (Lipinski definition) is 5. The van der Waals surface area contributed by atoms with Crippen LogP contribution in [-0.2, 0) is 13.1 Å². The minimum Gasteiger partial charge on any atom is -0.348 e. The maximum atomic E-state index is 13.3. The van der Waals surface area contributed by atoms with E-state index in [9.17, 15) is 4.79 Å². The third-order valence-corrected chi connectivity index (χ3v) is 7.92. The van der Waals surface area contributed by atoms with Gasteiger partial charge >= 0.3 is 0 Å². The Kier molecular flexibility index (Phi) is 7.67. The molecule has 36 heavy (non-hydrogen) atoms. The first-order valence-corrected chi connectivity index (χ1v) is 13.5. The number of likely N-dealkylation sites (tertiary alicyclic amines) is 2. The average Bonchev–Trinajstić information content (AvgIpc) is 3.64. The van der Waals surface area contributed by atoms with E-state index in [1.807, 2.05) is 24.5 Å². The van der Waals surface area contributed by atoms with Gasteiger partial charge in [0.05, 0.1) is 6.54 Å². The van der Waals surface area contributed by atoms with Crippen molar-refractivity contribution in [2.24, 2.45) is 16.3 Å². The van der Waals surface area contributed by atoms with E-state index >= 15 is 0 Å². The van der Waals surface area contributed by atoms with Crippen LogP contribution in [-0.4, -0.2) is 75.6 Å². The van der Waals surface area contributed by atoms with Gasteiger partial charge in [-0.25, -0.2) is 4.98 Å². The van der Waals surface area contributed by atoms with Crippen LogP contribution >= 0.6 is 0 Å². The molecule has 0 atom stereocenters. The van der Waals surface area contributed by atoms with E-state index in [-0.39, 0.29) is 5.91 Å². The molecule has 4 heterocycles. The van der Waals surface area contributed by atoms with Crippen molar-refractivity contribution in [3.05, 3.63) is 65.9 Å². The molecule has 1 N–H and O–H groups in total. The number of aromatic nitrogens is 2. The summed E-state index contributed by atoms with van der Waals surface area (Å²) in [6.07, 6.45) is 12.1. The summed E-state index contributed by atoms with van der Waals surface area (Å²) in [7, 11) is 0. The average molecular weight is 489 g/mol. The number of aliphatic imine (C=N–C) groups is 1. The molecule has 1 amide bonds. The quantitative estimate of drug-likeness (QED) is 0.570. The Morgan fingerprint density at radius 1 is 1.08 bits per heavy atom. The van der Waals surface area contributed by atoms with E-state index in [1.54, 1.807) is 6.20 Å². The number of rotatable bonds is 9. The summed E-state index contributed by atoms with van der Waals surface area (Å²) in [5.41, 5.74) is 3.49. The van der Waals surface area contributed by atoms with Gasteiger partial charge in [0.2, 0.25) is 0 Å². The van der Waals surface area contributed by atoms with Crippen LogP contribution in [0.1, 0.15) is 61.3 Å². The fourth-order valence-electron chi connectivity index (χ4n) is 5.96. The van der Waals surface area contributed by atoms with E-state index in [4.69, 9.17) is 0 Å². The molecule has 0 unspecified atom stereocenters. The Balaban J connectivity index is 1.17. The lowest BCUT2D eigenvalue weighted by atomic mass is 9.77. The molecule has 5 rings (SSSR count). The van der Waals surface area contributed by atoms with Gasteiger partial charge in [0.25, 0.3) is 5.91 Å². The summed E-state index contributed by atoms with van der Waals surface area (Å²) in [6, 6.07) is 8.22. The van der Waals surface area contributed by atoms with Crippen molar-refractivity contribution in [1.29, 1.82) is 0 Å². The van der Waals surface area contributed by atoms with E-state index in [2.05, 4.69) is 61.7 Å². The van der Waals surface area contributed by atoms with Crippen LogP contribution < -0.4 is 0 Å². The maximum Gasteiger partial charge on any atom is 0.253 e. The van der Waals surface area contributed by atoms with Crippen LogP contribution in [0.2, 0.25) is 0 Å². The van der Waals surface area contributed by atoms with Crippen LogP contribution in [0.3, 0.4) is 0 Å². The van der Waals surface area contributed by atoms with Crippen LogP contribution in [0.4, 0.5) is 0 Å². The van der Waals surface area contributed by atoms with Gasteiger partial charge in [-0.1, -0.05) is 32.1 Å². The molecule has 1 aromatic heterocycles. The molecule has 2 fully saturated rings. The van der Waals surface area contributed by atoms with Crippen LogP contribution in [0.15, 0.2) is 53.9 Å². The Hall–Kier alpha value is -2.77. The third kappa shape index (κ3) is 6.13. The Labute approximate surface area is 215 Å². The molecule has 192 valence electrons. The van der Waals surface area contributed by atoms with Gasteiger partial charge < -0.3 is 14.8 Å². The molecule has 1 aromatic carbocycles. The molecule has 0 saturated carbocycles. The zero-order chi connectivity index (χ0) is 25.0. The summed E-state index contributed by atoms with van der Waals surface area (Å²) < 4.78 is 0. The molecule has 0 bridgehead atoms. The number of nitrogens with one attached hydrogen (secondary N) is 1. The maximum absolute atomic E-state index is 13.3. The topological polar surface area (TPSA) is 67.8 Å². The number of aromatic amines is 1.